The van der Waals surface area contributed by atoms with Crippen LogP contribution in [0.2, 0.25) is 0 Å². The van der Waals surface area contributed by atoms with E-state index in [0.717, 1.165) is 64.6 Å². The lowest BCUT2D eigenvalue weighted by atomic mass is 9.90. The fraction of sp³-hybridized carbons (Fsp3) is 0.867. The van der Waals surface area contributed by atoms with E-state index in [2.05, 4.69) is 16.6 Å². The number of piperidine rings is 1. The second-order valence-corrected chi connectivity index (χ2v) is 5.32. The molecule has 0 N–H and O–H groups in total. The Kier molecular flexibility index (Phi) is 8.47. The number of carbonyl (C=O) groups excluding carboxylic acids is 2. The van der Waals surface area contributed by atoms with Gasteiger partial charge in [0.2, 0.25) is 0 Å². The minimum Gasteiger partial charge on any atom is -0.457 e. The van der Waals surface area contributed by atoms with E-state index in [4.69, 9.17) is 0 Å². The predicted molar refractivity (Wildman–Crippen MR) is 74.6 cm³/mol. The van der Waals surface area contributed by atoms with Gasteiger partial charge >= 0.3 is 6.47 Å². The van der Waals surface area contributed by atoms with Gasteiger partial charge in [0.15, 0.2) is 0 Å². The lowest BCUT2D eigenvalue weighted by molar-refractivity contribution is -0.124. The number of nitrogens with zero attached hydrogens (tertiary/aromatic N) is 1. The standard InChI is InChI=1S/C15H26NO3/c1-2-3-6-15(18)14-7-10-16(11-8-14)9-4-5-12-19-13-17/h14H,2-12H2,1H3. The molecule has 1 rings (SSSR count). The molecule has 1 heterocycles. The van der Waals surface area contributed by atoms with Gasteiger partial charge in [-0.15, -0.1) is 0 Å². The number of hydrogen-bond donors (Lipinski definition) is 0. The van der Waals surface area contributed by atoms with Crippen LogP contribution < -0.4 is 0 Å². The quantitative estimate of drug-likeness (QED) is 0.570. The van der Waals surface area contributed by atoms with E-state index in [-0.39, 0.29) is 0 Å². The van der Waals surface area contributed by atoms with E-state index in [0.29, 0.717) is 18.3 Å². The van der Waals surface area contributed by atoms with Gasteiger partial charge in [0.1, 0.15) is 5.78 Å². The fourth-order valence-corrected chi connectivity index (χ4v) is 2.58. The zero-order chi connectivity index (χ0) is 13.9. The first-order valence-electron chi connectivity index (χ1n) is 7.52. The summed E-state index contributed by atoms with van der Waals surface area (Å²) in [6.45, 7) is 7.14. The Balaban J connectivity index is 2.08. The molecule has 1 saturated heterocycles. The Morgan fingerprint density at radius 3 is 2.63 bits per heavy atom. The zero-order valence-electron chi connectivity index (χ0n) is 12.0. The summed E-state index contributed by atoms with van der Waals surface area (Å²) in [6.07, 6.45) is 6.86. The number of hydrogen-bond acceptors (Lipinski definition) is 4. The van der Waals surface area contributed by atoms with E-state index in [9.17, 15) is 9.59 Å². The molecule has 1 aliphatic rings. The van der Waals surface area contributed by atoms with Crippen LogP contribution in [0.25, 0.3) is 0 Å². The summed E-state index contributed by atoms with van der Waals surface area (Å²) in [5.74, 6) is 0.771. The monoisotopic (exact) mass is 268 g/mol. The molecular weight excluding hydrogens is 242 g/mol. The van der Waals surface area contributed by atoms with Crippen molar-refractivity contribution in [2.45, 2.75) is 51.9 Å². The van der Waals surface area contributed by atoms with E-state index in [1.807, 2.05) is 0 Å². The van der Waals surface area contributed by atoms with Gasteiger partial charge in [-0.1, -0.05) is 13.3 Å². The highest BCUT2D eigenvalue weighted by Crippen LogP contribution is 2.20. The van der Waals surface area contributed by atoms with Crippen LogP contribution in [-0.4, -0.2) is 43.4 Å². The molecule has 1 radical (unpaired) electrons. The van der Waals surface area contributed by atoms with Crippen molar-refractivity contribution in [2.24, 2.45) is 5.92 Å². The maximum Gasteiger partial charge on any atom is 0.417 e. The first-order valence-corrected chi connectivity index (χ1v) is 7.52. The van der Waals surface area contributed by atoms with Gasteiger partial charge < -0.3 is 9.64 Å². The van der Waals surface area contributed by atoms with Gasteiger partial charge in [-0.2, -0.15) is 0 Å². The molecule has 109 valence electrons. The molecule has 1 aliphatic heterocycles. The minimum absolute atomic E-state index is 0.302. The molecule has 0 bridgehead atoms. The highest BCUT2D eigenvalue weighted by atomic mass is 16.5. The van der Waals surface area contributed by atoms with Crippen LogP contribution in [0.1, 0.15) is 51.9 Å². The SMILES string of the molecule is CCCCC(=O)C1CCN(CCCCO[C]=O)CC1. The van der Waals surface area contributed by atoms with Crippen LogP contribution in [0.4, 0.5) is 0 Å². The van der Waals surface area contributed by atoms with E-state index in [1.165, 1.54) is 6.47 Å². The number of Topliss-reactive ketones (excluding diaryl/α,β-unsaturated/α-hetero) is 1. The first kappa shape index (κ1) is 16.2. The summed E-state index contributed by atoms with van der Waals surface area (Å²) in [7, 11) is 0. The molecule has 0 aromatic heterocycles. The minimum atomic E-state index is 0.302. The van der Waals surface area contributed by atoms with Gasteiger partial charge in [-0.05, 0) is 51.7 Å². The lowest BCUT2D eigenvalue weighted by Crippen LogP contribution is -2.36. The number of carbonyl (C=O) groups is 1. The van der Waals surface area contributed by atoms with Gasteiger partial charge in [0.05, 0.1) is 6.61 Å². The summed E-state index contributed by atoms with van der Waals surface area (Å²) in [5, 5.41) is 0. The molecule has 0 atom stereocenters. The average molecular weight is 268 g/mol. The second kappa shape index (κ2) is 9.96. The number of rotatable bonds is 10. The van der Waals surface area contributed by atoms with Crippen molar-refractivity contribution in [1.29, 1.82) is 0 Å². The Labute approximate surface area is 116 Å². The third-order valence-corrected chi connectivity index (χ3v) is 3.85. The summed E-state index contributed by atoms with van der Waals surface area (Å²) in [5.41, 5.74) is 0. The molecule has 0 unspecified atom stereocenters. The maximum absolute atomic E-state index is 11.9. The van der Waals surface area contributed by atoms with Crippen molar-refractivity contribution in [2.75, 3.05) is 26.2 Å². The molecule has 0 aromatic carbocycles. The van der Waals surface area contributed by atoms with Crippen molar-refractivity contribution < 1.29 is 14.3 Å². The molecular formula is C15H26NO3. The van der Waals surface area contributed by atoms with Crippen molar-refractivity contribution in [3.8, 4) is 0 Å². The molecule has 1 fully saturated rings. The highest BCUT2D eigenvalue weighted by molar-refractivity contribution is 5.81. The van der Waals surface area contributed by atoms with Crippen LogP contribution in [-0.2, 0) is 14.3 Å². The topological polar surface area (TPSA) is 46.6 Å². The van der Waals surface area contributed by atoms with Gasteiger partial charge in [0.25, 0.3) is 0 Å². The fourth-order valence-electron chi connectivity index (χ4n) is 2.58. The van der Waals surface area contributed by atoms with Crippen LogP contribution >= 0.6 is 0 Å². The van der Waals surface area contributed by atoms with Gasteiger partial charge in [-0.25, -0.2) is 4.79 Å². The van der Waals surface area contributed by atoms with Crippen LogP contribution in [0.5, 0.6) is 0 Å². The van der Waals surface area contributed by atoms with E-state index in [1.54, 1.807) is 0 Å². The number of likely N-dealkylation sites (tertiary alicyclic amines) is 1. The smallest absolute Gasteiger partial charge is 0.417 e. The summed E-state index contributed by atoms with van der Waals surface area (Å²) in [6, 6.07) is 0. The van der Waals surface area contributed by atoms with Gasteiger partial charge in [-0.3, -0.25) is 4.79 Å². The molecule has 4 heteroatoms. The third-order valence-electron chi connectivity index (χ3n) is 3.85. The Hall–Kier alpha value is -0.900. The number of ketones is 1. The second-order valence-electron chi connectivity index (χ2n) is 5.32. The van der Waals surface area contributed by atoms with Crippen molar-refractivity contribution in [3.63, 3.8) is 0 Å². The number of unbranched alkanes of at least 4 members (excludes halogenated alkanes) is 2. The zero-order valence-corrected chi connectivity index (χ0v) is 12.0. The molecule has 19 heavy (non-hydrogen) atoms. The molecule has 0 aromatic rings. The largest absolute Gasteiger partial charge is 0.457 e. The molecule has 0 amide bonds. The normalized spacial score (nSPS) is 17.3. The molecule has 0 spiro atoms. The van der Waals surface area contributed by atoms with E-state index >= 15 is 0 Å². The third kappa shape index (κ3) is 6.71. The van der Waals surface area contributed by atoms with Crippen LogP contribution in [0, 0.1) is 5.92 Å². The van der Waals surface area contributed by atoms with Crippen LogP contribution in [0.3, 0.4) is 0 Å². The summed E-state index contributed by atoms with van der Waals surface area (Å²) < 4.78 is 4.54. The van der Waals surface area contributed by atoms with Gasteiger partial charge in [0, 0.05) is 12.3 Å². The Morgan fingerprint density at radius 2 is 2.00 bits per heavy atom. The molecule has 0 saturated carbocycles. The molecule has 0 aliphatic carbocycles. The maximum atomic E-state index is 11.9. The lowest BCUT2D eigenvalue weighted by Gasteiger charge is -2.31. The van der Waals surface area contributed by atoms with Crippen molar-refractivity contribution >= 4 is 12.3 Å². The van der Waals surface area contributed by atoms with Crippen molar-refractivity contribution in [3.05, 3.63) is 0 Å². The Bertz CT molecular complexity index is 260. The average Bonchev–Trinajstić information content (AvgIpc) is 2.45. The summed E-state index contributed by atoms with van der Waals surface area (Å²) >= 11 is 0. The van der Waals surface area contributed by atoms with Crippen molar-refractivity contribution in [1.82, 2.24) is 4.90 Å². The van der Waals surface area contributed by atoms with Crippen LogP contribution in [0.15, 0.2) is 0 Å². The van der Waals surface area contributed by atoms with E-state index < -0.39 is 0 Å². The Morgan fingerprint density at radius 1 is 1.26 bits per heavy atom. The predicted octanol–water partition coefficient (Wildman–Crippen LogP) is 2.32. The molecule has 4 nitrogen and oxygen atoms in total. The number of ether oxygens (including phenoxy) is 1. The summed E-state index contributed by atoms with van der Waals surface area (Å²) in [4.78, 5) is 24.2. The first-order chi connectivity index (χ1) is 9.27. The highest BCUT2D eigenvalue weighted by Gasteiger charge is 2.23.